The molecule has 0 heterocycles. The highest BCUT2D eigenvalue weighted by Crippen LogP contribution is 2.24. The predicted molar refractivity (Wildman–Crippen MR) is 91.5 cm³/mol. The number of amides is 1. The number of nitrogens with two attached hydrogens (primary N) is 1. The predicted octanol–water partition coefficient (Wildman–Crippen LogP) is 4.19. The highest BCUT2D eigenvalue weighted by atomic mass is 35.5. The van der Waals surface area contributed by atoms with Crippen LogP contribution in [0.1, 0.15) is 21.5 Å². The van der Waals surface area contributed by atoms with Crippen LogP contribution in [0, 0.1) is 6.92 Å². The highest BCUT2D eigenvalue weighted by Gasteiger charge is 2.13. The first-order chi connectivity index (χ1) is 9.90. The van der Waals surface area contributed by atoms with Gasteiger partial charge in [-0.05, 0) is 36.8 Å². The summed E-state index contributed by atoms with van der Waals surface area (Å²) in [6.45, 7) is 1.88. The number of benzene rings is 2. The van der Waals surface area contributed by atoms with E-state index in [1.165, 1.54) is 6.07 Å². The van der Waals surface area contributed by atoms with Gasteiger partial charge in [0.05, 0.1) is 15.7 Å². The van der Waals surface area contributed by atoms with Crippen molar-refractivity contribution in [2.45, 2.75) is 6.92 Å². The summed E-state index contributed by atoms with van der Waals surface area (Å²) in [5, 5.41) is 3.51. The normalized spacial score (nSPS) is 10.2. The van der Waals surface area contributed by atoms with E-state index in [0.29, 0.717) is 26.9 Å². The molecule has 0 aliphatic carbocycles. The van der Waals surface area contributed by atoms with Crippen LogP contribution in [-0.4, -0.2) is 10.9 Å². The summed E-state index contributed by atoms with van der Waals surface area (Å²) in [4.78, 5) is 12.5. The molecule has 21 heavy (non-hydrogen) atoms. The van der Waals surface area contributed by atoms with E-state index < -0.39 is 0 Å². The van der Waals surface area contributed by atoms with Crippen LogP contribution in [0.2, 0.25) is 10.0 Å². The Balaban J connectivity index is 2.34. The van der Waals surface area contributed by atoms with Gasteiger partial charge in [-0.25, -0.2) is 0 Å². The number of nitrogens with one attached hydrogen (secondary N) is 1. The van der Waals surface area contributed by atoms with Crippen LogP contribution in [0.25, 0.3) is 0 Å². The molecule has 0 atom stereocenters. The maximum Gasteiger partial charge on any atom is 0.255 e. The van der Waals surface area contributed by atoms with Gasteiger partial charge in [0.1, 0.15) is 4.99 Å². The molecule has 2 rings (SSSR count). The van der Waals surface area contributed by atoms with E-state index in [0.717, 1.165) is 5.56 Å². The van der Waals surface area contributed by atoms with Crippen molar-refractivity contribution in [3.63, 3.8) is 0 Å². The van der Waals surface area contributed by atoms with Gasteiger partial charge in [-0.1, -0.05) is 47.6 Å². The van der Waals surface area contributed by atoms with Crippen LogP contribution < -0.4 is 11.1 Å². The second kappa shape index (κ2) is 6.43. The van der Waals surface area contributed by atoms with Crippen molar-refractivity contribution in [3.8, 4) is 0 Å². The molecule has 0 saturated carbocycles. The molecule has 0 unspecified atom stereocenters. The number of halogens is 2. The lowest BCUT2D eigenvalue weighted by Gasteiger charge is -2.12. The molecule has 3 nitrogen and oxygen atoms in total. The van der Waals surface area contributed by atoms with Crippen molar-refractivity contribution in [1.29, 1.82) is 0 Å². The van der Waals surface area contributed by atoms with Gasteiger partial charge >= 0.3 is 0 Å². The van der Waals surface area contributed by atoms with E-state index in [1.54, 1.807) is 18.2 Å². The molecule has 2 aromatic carbocycles. The van der Waals surface area contributed by atoms with Gasteiger partial charge in [0.15, 0.2) is 0 Å². The third kappa shape index (κ3) is 3.53. The van der Waals surface area contributed by atoms with Crippen molar-refractivity contribution in [2.75, 3.05) is 5.32 Å². The first-order valence-electron chi connectivity index (χ1n) is 6.06. The van der Waals surface area contributed by atoms with E-state index in [9.17, 15) is 4.79 Å². The van der Waals surface area contributed by atoms with Crippen molar-refractivity contribution in [2.24, 2.45) is 5.73 Å². The number of rotatable bonds is 3. The first kappa shape index (κ1) is 15.8. The van der Waals surface area contributed by atoms with Gasteiger partial charge in [0.25, 0.3) is 5.91 Å². The molecule has 0 saturated heterocycles. The Kier molecular flexibility index (Phi) is 4.83. The maximum atomic E-state index is 12.3. The van der Waals surface area contributed by atoms with Crippen LogP contribution in [0.15, 0.2) is 36.4 Å². The first-order valence-corrected chi connectivity index (χ1v) is 7.22. The summed E-state index contributed by atoms with van der Waals surface area (Å²) in [5.74, 6) is -0.309. The summed E-state index contributed by atoms with van der Waals surface area (Å²) in [5.41, 5.74) is 8.24. The van der Waals surface area contributed by atoms with Crippen LogP contribution in [0.3, 0.4) is 0 Å². The number of aryl methyl sites for hydroxylation is 1. The minimum Gasteiger partial charge on any atom is -0.389 e. The van der Waals surface area contributed by atoms with Crippen molar-refractivity contribution < 1.29 is 4.79 Å². The Morgan fingerprint density at radius 1 is 1.19 bits per heavy atom. The third-order valence-electron chi connectivity index (χ3n) is 2.95. The second-order valence-electron chi connectivity index (χ2n) is 4.44. The average molecular weight is 339 g/mol. The Morgan fingerprint density at radius 2 is 1.90 bits per heavy atom. The largest absolute Gasteiger partial charge is 0.389 e. The lowest BCUT2D eigenvalue weighted by molar-refractivity contribution is 0.102. The van der Waals surface area contributed by atoms with Gasteiger partial charge in [0.2, 0.25) is 0 Å². The molecule has 108 valence electrons. The monoisotopic (exact) mass is 338 g/mol. The zero-order valence-corrected chi connectivity index (χ0v) is 13.4. The number of hydrogen-bond donors (Lipinski definition) is 2. The molecule has 0 aliphatic heterocycles. The van der Waals surface area contributed by atoms with E-state index >= 15 is 0 Å². The molecule has 3 N–H and O–H groups in total. The average Bonchev–Trinajstić information content (AvgIpc) is 2.41. The zero-order chi connectivity index (χ0) is 15.6. The van der Waals surface area contributed by atoms with Gasteiger partial charge in [-0.3, -0.25) is 4.79 Å². The minimum absolute atomic E-state index is 0.234. The molecular weight excluding hydrogens is 327 g/mol. The van der Waals surface area contributed by atoms with E-state index in [4.69, 9.17) is 41.2 Å². The summed E-state index contributed by atoms with van der Waals surface area (Å²) in [6, 6.07) is 10.1. The lowest BCUT2D eigenvalue weighted by Crippen LogP contribution is -2.18. The lowest BCUT2D eigenvalue weighted by atomic mass is 10.1. The summed E-state index contributed by atoms with van der Waals surface area (Å²) >= 11 is 16.8. The van der Waals surface area contributed by atoms with Gasteiger partial charge in [-0.2, -0.15) is 0 Å². The Bertz CT molecular complexity index is 732. The molecular formula is C15H12Cl2N2OS. The Labute approximate surface area is 138 Å². The van der Waals surface area contributed by atoms with Crippen molar-refractivity contribution >= 4 is 52.0 Å². The Morgan fingerprint density at radius 3 is 2.52 bits per heavy atom. The molecule has 2 aromatic rings. The van der Waals surface area contributed by atoms with Crippen LogP contribution in [0.4, 0.5) is 5.69 Å². The van der Waals surface area contributed by atoms with Gasteiger partial charge < -0.3 is 11.1 Å². The van der Waals surface area contributed by atoms with Crippen LogP contribution in [-0.2, 0) is 0 Å². The van der Waals surface area contributed by atoms with Crippen LogP contribution in [0.5, 0.6) is 0 Å². The number of thiocarbonyl (C=S) groups is 1. The fraction of sp³-hybridized carbons (Fsp3) is 0.0667. The van der Waals surface area contributed by atoms with E-state index in [1.807, 2.05) is 19.1 Å². The van der Waals surface area contributed by atoms with E-state index in [2.05, 4.69) is 5.32 Å². The second-order valence-corrected chi connectivity index (χ2v) is 5.70. The molecule has 1 amide bonds. The fourth-order valence-electron chi connectivity index (χ4n) is 1.93. The molecule has 0 radical (unpaired) electrons. The SMILES string of the molecule is Cc1cccc(NC(=O)c2ccc(Cl)c(Cl)c2)c1C(N)=S. The van der Waals surface area contributed by atoms with Crippen LogP contribution >= 0.6 is 35.4 Å². The molecule has 0 fully saturated rings. The van der Waals surface area contributed by atoms with Crippen molar-refractivity contribution in [3.05, 3.63) is 63.1 Å². The maximum absolute atomic E-state index is 12.3. The summed E-state index contributed by atoms with van der Waals surface area (Å²) in [7, 11) is 0. The molecule has 0 bridgehead atoms. The van der Waals surface area contributed by atoms with Gasteiger partial charge in [-0.15, -0.1) is 0 Å². The summed E-state index contributed by atoms with van der Waals surface area (Å²) in [6.07, 6.45) is 0. The molecule has 0 spiro atoms. The number of hydrogen-bond acceptors (Lipinski definition) is 2. The quantitative estimate of drug-likeness (QED) is 0.825. The molecule has 6 heteroatoms. The molecule has 0 aromatic heterocycles. The smallest absolute Gasteiger partial charge is 0.255 e. The number of anilines is 1. The molecule has 0 aliphatic rings. The minimum atomic E-state index is -0.309. The fourth-order valence-corrected chi connectivity index (χ4v) is 2.50. The van der Waals surface area contributed by atoms with E-state index in [-0.39, 0.29) is 10.9 Å². The number of carbonyl (C=O) groups is 1. The Hall–Kier alpha value is -1.62. The third-order valence-corrected chi connectivity index (χ3v) is 3.89. The van der Waals surface area contributed by atoms with Crippen molar-refractivity contribution in [1.82, 2.24) is 0 Å². The highest BCUT2D eigenvalue weighted by molar-refractivity contribution is 7.80. The topological polar surface area (TPSA) is 55.1 Å². The number of carbonyl (C=O) groups excluding carboxylic acids is 1. The standard InChI is InChI=1S/C15H12Cl2N2OS/c1-8-3-2-4-12(13(8)14(18)21)19-15(20)9-5-6-10(16)11(17)7-9/h2-7H,1H3,(H2,18,21)(H,19,20). The summed E-state index contributed by atoms with van der Waals surface area (Å²) < 4.78 is 0. The zero-order valence-electron chi connectivity index (χ0n) is 11.1. The van der Waals surface area contributed by atoms with Gasteiger partial charge in [0, 0.05) is 11.1 Å².